The van der Waals surface area contributed by atoms with E-state index in [1.807, 2.05) is 36.1 Å². The summed E-state index contributed by atoms with van der Waals surface area (Å²) >= 11 is 0. The molecule has 1 saturated heterocycles. The summed E-state index contributed by atoms with van der Waals surface area (Å²) in [4.78, 5) is 41.4. The standard InChI is InChI=1S/C32H39N3O5/c1-2-11-33-30(38)32(26-7-9-27(10-8-26)35(39)40)18-28(37)34(29(32)25-5-3-21(19-36)4-6-25)20-31-15-22-12-23(16-31)14-24(13-22)17-31/h3-10,22-24,29,36H,2,11-20H2,1H3,(H,33,38)/t22?,23?,24?,29-,31?,32-/m1/s1. The molecule has 0 radical (unpaired) electrons. The Kier molecular flexibility index (Phi) is 6.93. The highest BCUT2D eigenvalue weighted by Crippen LogP contribution is 2.62. The Bertz CT molecular complexity index is 1260. The van der Waals surface area contributed by atoms with Gasteiger partial charge >= 0.3 is 0 Å². The highest BCUT2D eigenvalue weighted by Gasteiger charge is 2.60. The van der Waals surface area contributed by atoms with Crippen molar-refractivity contribution in [2.45, 2.75) is 76.4 Å². The summed E-state index contributed by atoms with van der Waals surface area (Å²) in [5, 5.41) is 24.2. The van der Waals surface area contributed by atoms with Crippen LogP contribution in [0.2, 0.25) is 0 Å². The van der Waals surface area contributed by atoms with Gasteiger partial charge in [-0.2, -0.15) is 0 Å². The van der Waals surface area contributed by atoms with Gasteiger partial charge in [0.25, 0.3) is 5.69 Å². The van der Waals surface area contributed by atoms with Crippen LogP contribution in [0.4, 0.5) is 5.69 Å². The van der Waals surface area contributed by atoms with Gasteiger partial charge in [0.2, 0.25) is 11.8 Å². The molecule has 2 amide bonds. The number of hydrogen-bond donors (Lipinski definition) is 2. The monoisotopic (exact) mass is 545 g/mol. The fraction of sp³-hybridized carbons (Fsp3) is 0.562. The second kappa shape index (κ2) is 10.3. The number of carbonyl (C=O) groups is 2. The van der Waals surface area contributed by atoms with E-state index in [4.69, 9.17) is 0 Å². The number of nitro groups is 1. The van der Waals surface area contributed by atoms with Crippen LogP contribution in [0.3, 0.4) is 0 Å². The van der Waals surface area contributed by atoms with E-state index < -0.39 is 16.4 Å². The molecular weight excluding hydrogens is 506 g/mol. The molecule has 2 aromatic carbocycles. The van der Waals surface area contributed by atoms with Crippen molar-refractivity contribution >= 4 is 17.5 Å². The summed E-state index contributed by atoms with van der Waals surface area (Å²) in [6.07, 6.45) is 8.13. The molecule has 8 nitrogen and oxygen atoms in total. The average molecular weight is 546 g/mol. The van der Waals surface area contributed by atoms with Crippen molar-refractivity contribution in [3.63, 3.8) is 0 Å². The third kappa shape index (κ3) is 4.50. The molecule has 2 N–H and O–H groups in total. The highest BCUT2D eigenvalue weighted by atomic mass is 16.6. The van der Waals surface area contributed by atoms with Gasteiger partial charge in [-0.1, -0.05) is 43.3 Å². The molecule has 4 aliphatic carbocycles. The van der Waals surface area contributed by atoms with E-state index in [2.05, 4.69) is 5.32 Å². The van der Waals surface area contributed by atoms with Crippen molar-refractivity contribution in [2.75, 3.05) is 13.1 Å². The number of nitrogens with zero attached hydrogens (tertiary/aromatic N) is 2. The number of carbonyl (C=O) groups excluding carboxylic acids is 2. The molecule has 0 unspecified atom stereocenters. The van der Waals surface area contributed by atoms with Gasteiger partial charge in [-0.05, 0) is 84.8 Å². The minimum atomic E-state index is -1.23. The van der Waals surface area contributed by atoms with E-state index in [9.17, 15) is 24.8 Å². The molecule has 0 aromatic heterocycles. The van der Waals surface area contributed by atoms with E-state index >= 15 is 0 Å². The maximum atomic E-state index is 14.2. The number of hydrogen-bond acceptors (Lipinski definition) is 5. The lowest BCUT2D eigenvalue weighted by atomic mass is 9.49. The Morgan fingerprint density at radius 1 is 1.02 bits per heavy atom. The van der Waals surface area contributed by atoms with Crippen LogP contribution in [-0.2, 0) is 21.6 Å². The molecule has 0 spiro atoms. The van der Waals surface area contributed by atoms with Gasteiger partial charge in [-0.3, -0.25) is 19.7 Å². The van der Waals surface area contributed by atoms with E-state index in [0.29, 0.717) is 18.7 Å². The van der Waals surface area contributed by atoms with Crippen molar-refractivity contribution in [1.82, 2.24) is 10.2 Å². The minimum Gasteiger partial charge on any atom is -0.392 e. The molecule has 1 aliphatic heterocycles. The molecule has 2 aromatic rings. The zero-order valence-corrected chi connectivity index (χ0v) is 23.2. The van der Waals surface area contributed by atoms with Crippen molar-refractivity contribution in [2.24, 2.45) is 23.2 Å². The Hall–Kier alpha value is -3.26. The summed E-state index contributed by atoms with van der Waals surface area (Å²) < 4.78 is 0. The van der Waals surface area contributed by atoms with Crippen LogP contribution in [-0.4, -0.2) is 39.8 Å². The third-order valence-electron chi connectivity index (χ3n) is 10.2. The summed E-state index contributed by atoms with van der Waals surface area (Å²) in [5.41, 5.74) is 1.02. The predicted octanol–water partition coefficient (Wildman–Crippen LogP) is 5.04. The maximum absolute atomic E-state index is 14.2. The van der Waals surface area contributed by atoms with Crippen LogP contribution >= 0.6 is 0 Å². The van der Waals surface area contributed by atoms with Crippen molar-refractivity contribution in [1.29, 1.82) is 0 Å². The molecule has 5 fully saturated rings. The summed E-state index contributed by atoms with van der Waals surface area (Å²) in [5.74, 6) is 1.94. The van der Waals surface area contributed by atoms with Crippen molar-refractivity contribution in [3.8, 4) is 0 Å². The number of aliphatic hydroxyl groups is 1. The number of nitro benzene ring substituents is 1. The summed E-state index contributed by atoms with van der Waals surface area (Å²) in [7, 11) is 0. The molecule has 5 aliphatic rings. The Morgan fingerprint density at radius 2 is 1.62 bits per heavy atom. The fourth-order valence-corrected chi connectivity index (χ4v) is 9.01. The number of rotatable bonds is 9. The minimum absolute atomic E-state index is 0.0130. The highest BCUT2D eigenvalue weighted by molar-refractivity contribution is 5.98. The number of non-ortho nitro benzene ring substituents is 1. The van der Waals surface area contributed by atoms with Crippen molar-refractivity contribution < 1.29 is 19.6 Å². The number of amides is 2. The molecule has 212 valence electrons. The first-order valence-electron chi connectivity index (χ1n) is 14.8. The van der Waals surface area contributed by atoms with E-state index in [-0.39, 0.29) is 35.9 Å². The Balaban J connectivity index is 1.47. The fourth-order valence-electron chi connectivity index (χ4n) is 9.01. The molecule has 8 heteroatoms. The third-order valence-corrected chi connectivity index (χ3v) is 10.2. The molecule has 2 atom stereocenters. The lowest BCUT2D eigenvalue weighted by molar-refractivity contribution is -0.384. The summed E-state index contributed by atoms with van der Waals surface area (Å²) in [6.45, 7) is 3.01. The van der Waals surface area contributed by atoms with Crippen molar-refractivity contribution in [3.05, 3.63) is 75.3 Å². The van der Waals surface area contributed by atoms with Gasteiger partial charge in [-0.25, -0.2) is 0 Å². The van der Waals surface area contributed by atoms with Crippen LogP contribution in [0.15, 0.2) is 48.5 Å². The second-order valence-electron chi connectivity index (χ2n) is 12.9. The normalized spacial score (nSPS) is 32.5. The van der Waals surface area contributed by atoms with Crippen LogP contribution < -0.4 is 5.32 Å². The molecule has 40 heavy (non-hydrogen) atoms. The first-order valence-corrected chi connectivity index (χ1v) is 14.8. The van der Waals surface area contributed by atoms with E-state index in [1.165, 1.54) is 31.4 Å². The van der Waals surface area contributed by atoms with Gasteiger partial charge in [0.15, 0.2) is 0 Å². The van der Waals surface area contributed by atoms with Gasteiger partial charge in [0, 0.05) is 31.6 Å². The van der Waals surface area contributed by atoms with Gasteiger partial charge in [0.1, 0.15) is 5.41 Å². The number of aliphatic hydroxyl groups excluding tert-OH is 1. The molecule has 1 heterocycles. The topological polar surface area (TPSA) is 113 Å². The first-order chi connectivity index (χ1) is 19.3. The molecule has 4 bridgehead atoms. The zero-order chi connectivity index (χ0) is 28.1. The van der Waals surface area contributed by atoms with Crippen LogP contribution in [0, 0.1) is 33.3 Å². The largest absolute Gasteiger partial charge is 0.392 e. The molecule has 4 saturated carbocycles. The lowest BCUT2D eigenvalue weighted by Gasteiger charge is -2.58. The van der Waals surface area contributed by atoms with Gasteiger partial charge in [0.05, 0.1) is 17.6 Å². The number of likely N-dealkylation sites (tertiary alicyclic amines) is 1. The van der Waals surface area contributed by atoms with Crippen LogP contribution in [0.25, 0.3) is 0 Å². The zero-order valence-electron chi connectivity index (χ0n) is 23.2. The Morgan fingerprint density at radius 3 is 2.15 bits per heavy atom. The average Bonchev–Trinajstić information content (AvgIpc) is 3.23. The SMILES string of the molecule is CCCNC(=O)[C@@]1(c2ccc([N+](=O)[O-])cc2)CC(=O)N(CC23CC4CC(CC(C4)C2)C3)[C@@H]1c1ccc(CO)cc1. The number of benzene rings is 2. The molecular formula is C32H39N3O5. The summed E-state index contributed by atoms with van der Waals surface area (Å²) in [6, 6.07) is 13.2. The quantitative estimate of drug-likeness (QED) is 0.339. The first kappa shape index (κ1) is 26.9. The second-order valence-corrected chi connectivity index (χ2v) is 12.9. The number of nitrogens with one attached hydrogen (secondary N) is 1. The van der Waals surface area contributed by atoms with Crippen LogP contribution in [0.5, 0.6) is 0 Å². The maximum Gasteiger partial charge on any atom is 0.269 e. The lowest BCUT2D eigenvalue weighted by Crippen LogP contribution is -2.53. The van der Waals surface area contributed by atoms with Crippen LogP contribution in [0.1, 0.15) is 81.0 Å². The Labute approximate surface area is 235 Å². The van der Waals surface area contributed by atoms with Gasteiger partial charge in [-0.15, -0.1) is 0 Å². The van der Waals surface area contributed by atoms with Gasteiger partial charge < -0.3 is 15.3 Å². The van der Waals surface area contributed by atoms with E-state index in [0.717, 1.165) is 54.6 Å². The van der Waals surface area contributed by atoms with E-state index in [1.54, 1.807) is 12.1 Å². The molecule has 7 rings (SSSR count). The predicted molar refractivity (Wildman–Crippen MR) is 150 cm³/mol. The smallest absolute Gasteiger partial charge is 0.269 e.